The van der Waals surface area contributed by atoms with Crippen molar-refractivity contribution in [1.82, 2.24) is 9.80 Å². The van der Waals surface area contributed by atoms with E-state index in [1.165, 1.54) is 0 Å². The number of furan rings is 1. The second kappa shape index (κ2) is 11.0. The number of hydrogen-bond acceptors (Lipinski definition) is 4. The number of unbranched alkanes of at least 4 members (excludes halogenated alkanes) is 1. The molecule has 1 saturated heterocycles. The summed E-state index contributed by atoms with van der Waals surface area (Å²) in [7, 11) is 0. The van der Waals surface area contributed by atoms with Crippen molar-refractivity contribution in [2.75, 3.05) is 26.2 Å². The number of benzene rings is 1. The summed E-state index contributed by atoms with van der Waals surface area (Å²) < 4.78 is 11.2. The Hall–Kier alpha value is -2.60. The summed E-state index contributed by atoms with van der Waals surface area (Å²) in [5.74, 6) is 0.543. The number of carbonyl (C=O) groups is 2. The molecule has 1 atom stereocenters. The molecule has 0 bridgehead atoms. The smallest absolute Gasteiger partial charge is 0.254 e. The van der Waals surface area contributed by atoms with E-state index >= 15 is 0 Å². The zero-order chi connectivity index (χ0) is 21.3. The summed E-state index contributed by atoms with van der Waals surface area (Å²) in [6.07, 6.45) is 5.43. The Balaban J connectivity index is 1.73. The van der Waals surface area contributed by atoms with Crippen molar-refractivity contribution in [1.29, 1.82) is 0 Å². The zero-order valence-corrected chi connectivity index (χ0v) is 18.0. The lowest BCUT2D eigenvalue weighted by molar-refractivity contribution is -0.134. The minimum absolute atomic E-state index is 0.0421. The first-order valence-corrected chi connectivity index (χ1v) is 10.8. The molecule has 1 aromatic heterocycles. The van der Waals surface area contributed by atoms with Crippen LogP contribution in [-0.4, -0.2) is 54.0 Å². The third-order valence-corrected chi connectivity index (χ3v) is 5.39. The van der Waals surface area contributed by atoms with Crippen LogP contribution in [0.3, 0.4) is 0 Å². The van der Waals surface area contributed by atoms with Crippen LogP contribution in [0.25, 0.3) is 0 Å². The van der Waals surface area contributed by atoms with Gasteiger partial charge in [0, 0.05) is 25.3 Å². The van der Waals surface area contributed by atoms with Gasteiger partial charge in [-0.3, -0.25) is 9.59 Å². The molecule has 2 aromatic rings. The van der Waals surface area contributed by atoms with Crippen molar-refractivity contribution in [3.8, 4) is 0 Å². The maximum Gasteiger partial charge on any atom is 0.254 e. The minimum atomic E-state index is -0.101. The summed E-state index contributed by atoms with van der Waals surface area (Å²) in [6, 6.07) is 11.2. The Bertz CT molecular complexity index is 812. The molecule has 2 amide bonds. The van der Waals surface area contributed by atoms with Gasteiger partial charge < -0.3 is 19.0 Å². The lowest BCUT2D eigenvalue weighted by Gasteiger charge is -2.29. The monoisotopic (exact) mass is 412 g/mol. The maximum atomic E-state index is 13.3. The molecule has 30 heavy (non-hydrogen) atoms. The molecule has 3 rings (SSSR count). The van der Waals surface area contributed by atoms with Gasteiger partial charge in [-0.1, -0.05) is 31.0 Å². The lowest BCUT2D eigenvalue weighted by atomic mass is 10.1. The highest BCUT2D eigenvalue weighted by Crippen LogP contribution is 2.17. The molecule has 0 saturated carbocycles. The van der Waals surface area contributed by atoms with E-state index in [-0.39, 0.29) is 24.5 Å². The van der Waals surface area contributed by atoms with E-state index in [1.54, 1.807) is 16.1 Å². The van der Waals surface area contributed by atoms with E-state index < -0.39 is 0 Å². The molecule has 1 aromatic carbocycles. The summed E-state index contributed by atoms with van der Waals surface area (Å²) in [5, 5.41) is 0. The fraction of sp³-hybridized carbons (Fsp3) is 0.500. The van der Waals surface area contributed by atoms with E-state index in [0.29, 0.717) is 25.2 Å². The van der Waals surface area contributed by atoms with Gasteiger partial charge in [-0.25, -0.2) is 0 Å². The van der Waals surface area contributed by atoms with Crippen molar-refractivity contribution >= 4 is 11.8 Å². The predicted molar refractivity (Wildman–Crippen MR) is 115 cm³/mol. The molecule has 1 unspecified atom stereocenters. The number of ether oxygens (including phenoxy) is 1. The van der Waals surface area contributed by atoms with Crippen LogP contribution in [0.4, 0.5) is 0 Å². The summed E-state index contributed by atoms with van der Waals surface area (Å²) >= 11 is 0. The SMILES string of the molecule is CCCCN(CC(=O)N(Cc1ccco1)CC1CCCO1)C(=O)c1cccc(C)c1. The summed E-state index contributed by atoms with van der Waals surface area (Å²) in [4.78, 5) is 29.8. The van der Waals surface area contributed by atoms with Crippen LogP contribution >= 0.6 is 0 Å². The van der Waals surface area contributed by atoms with Gasteiger partial charge in [0.2, 0.25) is 5.91 Å². The molecular formula is C24H32N2O4. The largest absolute Gasteiger partial charge is 0.467 e. The normalized spacial score (nSPS) is 15.9. The maximum absolute atomic E-state index is 13.3. The van der Waals surface area contributed by atoms with Gasteiger partial charge in [0.05, 0.1) is 18.9 Å². The van der Waals surface area contributed by atoms with Gasteiger partial charge in [0.25, 0.3) is 5.91 Å². The van der Waals surface area contributed by atoms with Gasteiger partial charge >= 0.3 is 0 Å². The Labute approximate surface area is 178 Å². The predicted octanol–water partition coefficient (Wildman–Crippen LogP) is 4.04. The third-order valence-electron chi connectivity index (χ3n) is 5.39. The number of hydrogen-bond donors (Lipinski definition) is 0. The first-order valence-electron chi connectivity index (χ1n) is 10.8. The average Bonchev–Trinajstić information content (AvgIpc) is 3.44. The van der Waals surface area contributed by atoms with Crippen LogP contribution in [0.2, 0.25) is 0 Å². The first-order chi connectivity index (χ1) is 14.6. The van der Waals surface area contributed by atoms with E-state index in [2.05, 4.69) is 6.92 Å². The van der Waals surface area contributed by atoms with Crippen LogP contribution in [0.15, 0.2) is 47.1 Å². The van der Waals surface area contributed by atoms with Crippen LogP contribution in [-0.2, 0) is 16.1 Å². The average molecular weight is 413 g/mol. The van der Waals surface area contributed by atoms with Crippen molar-refractivity contribution in [3.63, 3.8) is 0 Å². The number of amides is 2. The van der Waals surface area contributed by atoms with Gasteiger partial charge in [0.1, 0.15) is 12.3 Å². The molecule has 6 heteroatoms. The molecular weight excluding hydrogens is 380 g/mol. The van der Waals surface area contributed by atoms with Gasteiger partial charge in [-0.05, 0) is 50.5 Å². The Morgan fingerprint density at radius 2 is 2.03 bits per heavy atom. The minimum Gasteiger partial charge on any atom is -0.467 e. The molecule has 0 aliphatic carbocycles. The van der Waals surface area contributed by atoms with Crippen LogP contribution in [0.5, 0.6) is 0 Å². The topological polar surface area (TPSA) is 63.0 Å². The summed E-state index contributed by atoms with van der Waals surface area (Å²) in [6.45, 7) is 6.29. The molecule has 0 N–H and O–H groups in total. The second-order valence-corrected chi connectivity index (χ2v) is 7.94. The van der Waals surface area contributed by atoms with Crippen LogP contribution in [0, 0.1) is 6.92 Å². The molecule has 0 radical (unpaired) electrons. The highest BCUT2D eigenvalue weighted by Gasteiger charge is 2.26. The quantitative estimate of drug-likeness (QED) is 0.591. The van der Waals surface area contributed by atoms with Crippen LogP contribution < -0.4 is 0 Å². The second-order valence-electron chi connectivity index (χ2n) is 7.94. The van der Waals surface area contributed by atoms with E-state index in [0.717, 1.165) is 43.6 Å². The van der Waals surface area contributed by atoms with Crippen molar-refractivity contribution in [2.24, 2.45) is 0 Å². The summed E-state index contributed by atoms with van der Waals surface area (Å²) in [5.41, 5.74) is 1.65. The molecule has 1 aliphatic rings. The van der Waals surface area contributed by atoms with Crippen LogP contribution in [0.1, 0.15) is 54.3 Å². The Morgan fingerprint density at radius 1 is 1.17 bits per heavy atom. The number of nitrogens with zero attached hydrogens (tertiary/aromatic N) is 2. The first kappa shape index (κ1) is 22.1. The highest BCUT2D eigenvalue weighted by atomic mass is 16.5. The highest BCUT2D eigenvalue weighted by molar-refractivity contribution is 5.96. The fourth-order valence-electron chi connectivity index (χ4n) is 3.70. The molecule has 2 heterocycles. The fourth-order valence-corrected chi connectivity index (χ4v) is 3.70. The van der Waals surface area contributed by atoms with Crippen molar-refractivity contribution in [2.45, 2.75) is 52.2 Å². The zero-order valence-electron chi connectivity index (χ0n) is 18.0. The van der Waals surface area contributed by atoms with Crippen molar-refractivity contribution in [3.05, 3.63) is 59.5 Å². The Kier molecular flexibility index (Phi) is 8.08. The van der Waals surface area contributed by atoms with Gasteiger partial charge in [-0.15, -0.1) is 0 Å². The molecule has 1 fully saturated rings. The lowest BCUT2D eigenvalue weighted by Crippen LogP contribution is -2.45. The van der Waals surface area contributed by atoms with E-state index in [9.17, 15) is 9.59 Å². The molecule has 1 aliphatic heterocycles. The Morgan fingerprint density at radius 3 is 2.70 bits per heavy atom. The van der Waals surface area contributed by atoms with Gasteiger partial charge in [-0.2, -0.15) is 0 Å². The molecule has 6 nitrogen and oxygen atoms in total. The standard InChI is InChI=1S/C24H32N2O4/c1-3-4-12-25(24(28)20-9-5-8-19(2)15-20)18-23(27)26(16-21-10-6-13-29-21)17-22-11-7-14-30-22/h5-6,8-10,13,15,22H,3-4,7,11-12,14,16-18H2,1-2H3. The van der Waals surface area contributed by atoms with Crippen molar-refractivity contribution < 1.29 is 18.7 Å². The third kappa shape index (κ3) is 6.20. The van der Waals surface area contributed by atoms with Gasteiger partial charge in [0.15, 0.2) is 0 Å². The van der Waals surface area contributed by atoms with E-state index in [4.69, 9.17) is 9.15 Å². The van der Waals surface area contributed by atoms with E-state index in [1.807, 2.05) is 43.3 Å². The molecule has 162 valence electrons. The number of aryl methyl sites for hydroxylation is 1. The number of carbonyl (C=O) groups excluding carboxylic acids is 2. The molecule has 0 spiro atoms. The number of rotatable bonds is 10.